The Balaban J connectivity index is 1.26. The van der Waals surface area contributed by atoms with Crippen molar-refractivity contribution in [3.8, 4) is 0 Å². The largest absolute Gasteiger partial charge is 0.458 e. The molecule has 0 amide bonds. The summed E-state index contributed by atoms with van der Waals surface area (Å²) in [6.07, 6.45) is 20.1. The van der Waals surface area contributed by atoms with E-state index >= 15 is 0 Å². The van der Waals surface area contributed by atoms with Gasteiger partial charge in [-0.3, -0.25) is 4.98 Å². The van der Waals surface area contributed by atoms with Crippen LogP contribution in [0.15, 0.2) is 36.2 Å². The Bertz CT molecular complexity index is 1000. The van der Waals surface area contributed by atoms with E-state index in [1.54, 1.807) is 30.1 Å². The van der Waals surface area contributed by atoms with Gasteiger partial charge in [-0.15, -0.1) is 0 Å². The Hall–Kier alpha value is -1.64. The van der Waals surface area contributed by atoms with Gasteiger partial charge in [0.05, 0.1) is 5.56 Å². The molecule has 9 atom stereocenters. The van der Waals surface area contributed by atoms with Crippen LogP contribution in [0.5, 0.6) is 0 Å². The number of pyridine rings is 1. The molecule has 1 aromatic heterocycles. The Morgan fingerprint density at radius 3 is 2.61 bits per heavy atom. The van der Waals surface area contributed by atoms with Crippen molar-refractivity contribution in [3.05, 3.63) is 41.7 Å². The molecule has 0 radical (unpaired) electrons. The molecule has 0 spiro atoms. The van der Waals surface area contributed by atoms with Crippen LogP contribution in [0, 0.1) is 52.3 Å². The average molecular weight is 520 g/mol. The fourth-order valence-electron chi connectivity index (χ4n) is 10.2. The lowest BCUT2D eigenvalue weighted by Gasteiger charge is -2.58. The summed E-state index contributed by atoms with van der Waals surface area (Å²) >= 11 is 0. The fourth-order valence-corrected chi connectivity index (χ4v) is 10.2. The molecule has 1 aromatic rings. The fraction of sp³-hybridized carbons (Fsp3) is 0.771. The zero-order valence-electron chi connectivity index (χ0n) is 25.0. The second kappa shape index (κ2) is 11.1. The molecule has 0 aliphatic heterocycles. The molecule has 3 heteroatoms. The molecule has 210 valence electrons. The molecule has 4 aliphatic carbocycles. The molecule has 0 N–H and O–H groups in total. The molecule has 0 saturated heterocycles. The van der Waals surface area contributed by atoms with Crippen LogP contribution in [-0.4, -0.2) is 17.1 Å². The van der Waals surface area contributed by atoms with Crippen molar-refractivity contribution in [1.29, 1.82) is 0 Å². The van der Waals surface area contributed by atoms with Gasteiger partial charge in [0.25, 0.3) is 0 Å². The van der Waals surface area contributed by atoms with Crippen LogP contribution < -0.4 is 0 Å². The summed E-state index contributed by atoms with van der Waals surface area (Å²) in [5.74, 6) is 5.75. The maximum absolute atomic E-state index is 12.7. The third-order valence-corrected chi connectivity index (χ3v) is 12.1. The minimum atomic E-state index is -0.223. The summed E-state index contributed by atoms with van der Waals surface area (Å²) in [6.45, 7) is 15.1. The van der Waals surface area contributed by atoms with Gasteiger partial charge in [-0.05, 0) is 122 Å². The first-order valence-electron chi connectivity index (χ1n) is 16.0. The topological polar surface area (TPSA) is 39.2 Å². The summed E-state index contributed by atoms with van der Waals surface area (Å²) in [5, 5.41) is 0. The number of fused-ring (bicyclic) bond motifs is 5. The van der Waals surface area contributed by atoms with E-state index in [1.165, 1.54) is 51.4 Å². The van der Waals surface area contributed by atoms with Gasteiger partial charge in [-0.2, -0.15) is 0 Å². The lowest BCUT2D eigenvalue weighted by Crippen LogP contribution is -2.51. The van der Waals surface area contributed by atoms with Crippen molar-refractivity contribution in [2.45, 2.75) is 118 Å². The molecule has 0 bridgehead atoms. The van der Waals surface area contributed by atoms with Crippen molar-refractivity contribution in [2.75, 3.05) is 0 Å². The zero-order chi connectivity index (χ0) is 27.1. The predicted octanol–water partition coefficient (Wildman–Crippen LogP) is 9.28. The quantitative estimate of drug-likeness (QED) is 0.254. The van der Waals surface area contributed by atoms with Crippen LogP contribution in [0.1, 0.15) is 123 Å². The lowest BCUT2D eigenvalue weighted by atomic mass is 9.47. The van der Waals surface area contributed by atoms with Crippen LogP contribution in [0.2, 0.25) is 0 Å². The number of carbonyl (C=O) groups is 1. The maximum Gasteiger partial charge on any atom is 0.339 e. The Labute approximate surface area is 232 Å². The molecule has 0 aromatic carbocycles. The highest BCUT2D eigenvalue weighted by molar-refractivity contribution is 5.89. The van der Waals surface area contributed by atoms with Gasteiger partial charge in [0.1, 0.15) is 6.10 Å². The monoisotopic (exact) mass is 519 g/mol. The first-order valence-corrected chi connectivity index (χ1v) is 16.0. The Morgan fingerprint density at radius 1 is 1.08 bits per heavy atom. The van der Waals surface area contributed by atoms with Gasteiger partial charge in [0.15, 0.2) is 0 Å². The van der Waals surface area contributed by atoms with E-state index in [0.29, 0.717) is 11.0 Å². The number of nitrogens with zero attached hydrogens (tertiary/aromatic N) is 1. The summed E-state index contributed by atoms with van der Waals surface area (Å²) < 4.78 is 5.98. The van der Waals surface area contributed by atoms with Gasteiger partial charge in [-0.1, -0.05) is 59.6 Å². The number of aromatic nitrogens is 1. The van der Waals surface area contributed by atoms with Crippen molar-refractivity contribution < 1.29 is 9.53 Å². The van der Waals surface area contributed by atoms with Crippen LogP contribution >= 0.6 is 0 Å². The normalized spacial score (nSPS) is 38.0. The average Bonchev–Trinajstić information content (AvgIpc) is 3.26. The molecule has 38 heavy (non-hydrogen) atoms. The maximum atomic E-state index is 12.7. The lowest BCUT2D eigenvalue weighted by molar-refractivity contribution is -0.0602. The number of hydrogen-bond acceptors (Lipinski definition) is 3. The first kappa shape index (κ1) is 27.9. The van der Waals surface area contributed by atoms with E-state index in [-0.39, 0.29) is 17.5 Å². The number of hydrogen-bond donors (Lipinski definition) is 0. The number of ether oxygens (including phenoxy) is 1. The number of esters is 1. The molecular formula is C35H53NO2. The van der Waals surface area contributed by atoms with E-state index in [0.717, 1.165) is 60.7 Å². The van der Waals surface area contributed by atoms with E-state index in [4.69, 9.17) is 4.74 Å². The number of rotatable bonds is 8. The number of carbonyl (C=O) groups excluding carboxylic acids is 1. The predicted molar refractivity (Wildman–Crippen MR) is 156 cm³/mol. The van der Waals surface area contributed by atoms with Crippen LogP contribution in [0.3, 0.4) is 0 Å². The third-order valence-electron chi connectivity index (χ3n) is 12.1. The second-order valence-corrected chi connectivity index (χ2v) is 14.6. The second-order valence-electron chi connectivity index (χ2n) is 14.6. The molecule has 5 rings (SSSR count). The molecule has 3 nitrogen and oxygen atoms in total. The van der Waals surface area contributed by atoms with Crippen molar-refractivity contribution >= 4 is 5.97 Å². The van der Waals surface area contributed by atoms with E-state index < -0.39 is 0 Å². The molecular weight excluding hydrogens is 466 g/mol. The summed E-state index contributed by atoms with van der Waals surface area (Å²) in [4.78, 5) is 16.8. The third kappa shape index (κ3) is 5.13. The van der Waals surface area contributed by atoms with E-state index in [1.807, 2.05) is 0 Å². The van der Waals surface area contributed by atoms with Gasteiger partial charge in [-0.25, -0.2) is 4.79 Å². The van der Waals surface area contributed by atoms with Crippen molar-refractivity contribution in [2.24, 2.45) is 52.3 Å². The van der Waals surface area contributed by atoms with Crippen LogP contribution in [0.25, 0.3) is 0 Å². The van der Waals surface area contributed by atoms with Crippen LogP contribution in [0.4, 0.5) is 0 Å². The van der Waals surface area contributed by atoms with Crippen molar-refractivity contribution in [3.63, 3.8) is 0 Å². The van der Waals surface area contributed by atoms with Crippen molar-refractivity contribution in [1.82, 2.24) is 4.98 Å². The van der Waals surface area contributed by atoms with E-state index in [9.17, 15) is 4.79 Å². The minimum absolute atomic E-state index is 0.00139. The van der Waals surface area contributed by atoms with Gasteiger partial charge in [0.2, 0.25) is 0 Å². The summed E-state index contributed by atoms with van der Waals surface area (Å²) in [5.41, 5.74) is 2.95. The summed E-state index contributed by atoms with van der Waals surface area (Å²) in [7, 11) is 0. The minimum Gasteiger partial charge on any atom is -0.458 e. The first-order chi connectivity index (χ1) is 18.2. The summed E-state index contributed by atoms with van der Waals surface area (Å²) in [6, 6.07) is 3.60. The van der Waals surface area contributed by atoms with Gasteiger partial charge >= 0.3 is 5.97 Å². The molecule has 3 saturated carbocycles. The van der Waals surface area contributed by atoms with Gasteiger partial charge in [0, 0.05) is 18.8 Å². The van der Waals surface area contributed by atoms with Gasteiger partial charge < -0.3 is 4.74 Å². The van der Waals surface area contributed by atoms with Crippen LogP contribution in [-0.2, 0) is 4.74 Å². The Kier molecular flexibility index (Phi) is 8.14. The standard InChI is InChI=1S/C35H53NO2/c1-7-25(19-23(2)3)20-24(4)30-12-13-31-29-11-10-27-21-28(38-33(37)26-9-8-18-36-22-26)14-16-34(27,5)32(29)15-17-35(30,31)6/h8-10,18,22-25,28-32H,7,11-17,19-21H2,1-6H3/t24-,25+,28+,29-,30+,31-,32-,34+,35-/m1/s1. The SMILES string of the molecule is CC[C@@H](CC(C)C)C[C@@H](C)[C@@H]1CC[C@@H]2[C@H]3CC=C4C[C@@H](OC(=O)c5cccnc5)CC[C@]4(C)[C@@H]3CC[C@@]21C. The highest BCUT2D eigenvalue weighted by atomic mass is 16.5. The molecule has 1 heterocycles. The molecule has 0 unspecified atom stereocenters. The smallest absolute Gasteiger partial charge is 0.339 e. The highest BCUT2D eigenvalue weighted by Crippen LogP contribution is 2.67. The molecule has 4 aliphatic rings. The molecule has 3 fully saturated rings. The Morgan fingerprint density at radius 2 is 1.89 bits per heavy atom. The van der Waals surface area contributed by atoms with E-state index in [2.05, 4.69) is 52.6 Å². The zero-order valence-corrected chi connectivity index (χ0v) is 25.0. The number of allylic oxidation sites excluding steroid dienone is 1. The highest BCUT2D eigenvalue weighted by Gasteiger charge is 2.59.